The molecular weight excluding hydrogens is 214 g/mol. The lowest BCUT2D eigenvalue weighted by atomic mass is 10.0. The summed E-state index contributed by atoms with van der Waals surface area (Å²) >= 11 is 5.81. The van der Waals surface area contributed by atoms with Gasteiger partial charge >= 0.3 is 5.97 Å². The number of carbonyl (C=O) groups is 1. The van der Waals surface area contributed by atoms with Crippen LogP contribution in [0.2, 0.25) is 5.02 Å². The molecule has 0 saturated carbocycles. The molecule has 15 heavy (non-hydrogen) atoms. The second kappa shape index (κ2) is 4.81. The molecule has 0 N–H and O–H groups in total. The fraction of sp³-hybridized carbons (Fsp3) is 0.273. The molecule has 0 heterocycles. The van der Waals surface area contributed by atoms with Gasteiger partial charge in [-0.25, -0.2) is 4.79 Å². The van der Waals surface area contributed by atoms with Crippen molar-refractivity contribution in [2.45, 2.75) is 13.8 Å². The monoisotopic (exact) mass is 223 g/mol. The lowest BCUT2D eigenvalue weighted by Crippen LogP contribution is -2.08. The van der Waals surface area contributed by atoms with Gasteiger partial charge in [0, 0.05) is 5.02 Å². The van der Waals surface area contributed by atoms with Crippen LogP contribution in [0.3, 0.4) is 0 Å². The van der Waals surface area contributed by atoms with E-state index in [-0.39, 0.29) is 12.2 Å². The molecule has 0 unspecified atom stereocenters. The number of benzene rings is 1. The summed E-state index contributed by atoms with van der Waals surface area (Å²) in [5.41, 5.74) is 1.22. The van der Waals surface area contributed by atoms with Crippen LogP contribution in [0.1, 0.15) is 28.4 Å². The minimum atomic E-state index is -0.514. The predicted octanol–water partition coefficient (Wildman–Crippen LogP) is 2.70. The van der Waals surface area contributed by atoms with Crippen LogP contribution in [-0.4, -0.2) is 12.6 Å². The minimum absolute atomic E-state index is 0.226. The molecule has 0 aliphatic rings. The predicted molar refractivity (Wildman–Crippen MR) is 56.9 cm³/mol. The average molecular weight is 224 g/mol. The summed E-state index contributed by atoms with van der Waals surface area (Å²) < 4.78 is 4.83. The number of halogens is 1. The van der Waals surface area contributed by atoms with Crippen LogP contribution in [0, 0.1) is 18.3 Å². The van der Waals surface area contributed by atoms with Crippen molar-refractivity contribution in [3.8, 4) is 6.07 Å². The second-order valence-corrected chi connectivity index (χ2v) is 3.41. The van der Waals surface area contributed by atoms with Gasteiger partial charge in [0.15, 0.2) is 0 Å². The third-order valence-electron chi connectivity index (χ3n) is 1.91. The van der Waals surface area contributed by atoms with Gasteiger partial charge in [-0.05, 0) is 31.5 Å². The first-order chi connectivity index (χ1) is 7.10. The second-order valence-electron chi connectivity index (χ2n) is 2.98. The Bertz CT molecular complexity index is 435. The van der Waals surface area contributed by atoms with Gasteiger partial charge in [-0.2, -0.15) is 5.26 Å². The molecule has 1 aromatic rings. The molecule has 0 saturated heterocycles. The zero-order valence-corrected chi connectivity index (χ0v) is 9.26. The van der Waals surface area contributed by atoms with Crippen molar-refractivity contribution in [2.75, 3.05) is 6.61 Å². The first kappa shape index (κ1) is 11.5. The van der Waals surface area contributed by atoms with Crippen molar-refractivity contribution in [1.82, 2.24) is 0 Å². The van der Waals surface area contributed by atoms with Crippen LogP contribution in [0.4, 0.5) is 0 Å². The number of rotatable bonds is 2. The van der Waals surface area contributed by atoms with Gasteiger partial charge in [0.2, 0.25) is 0 Å². The van der Waals surface area contributed by atoms with Crippen molar-refractivity contribution in [3.63, 3.8) is 0 Å². The maximum Gasteiger partial charge on any atom is 0.339 e. The van der Waals surface area contributed by atoms with Crippen LogP contribution in [0.15, 0.2) is 12.1 Å². The first-order valence-corrected chi connectivity index (χ1v) is 4.85. The molecule has 0 aromatic heterocycles. The molecule has 0 bridgehead atoms. The lowest BCUT2D eigenvalue weighted by molar-refractivity contribution is 0.0526. The Morgan fingerprint density at radius 2 is 2.27 bits per heavy atom. The van der Waals surface area contributed by atoms with Crippen LogP contribution < -0.4 is 0 Å². The van der Waals surface area contributed by atoms with E-state index in [9.17, 15) is 4.79 Å². The summed E-state index contributed by atoms with van der Waals surface area (Å²) in [6, 6.07) is 5.06. The summed E-state index contributed by atoms with van der Waals surface area (Å²) in [5, 5.41) is 9.33. The van der Waals surface area contributed by atoms with Gasteiger partial charge in [-0.1, -0.05) is 11.6 Å². The molecule has 0 amide bonds. The van der Waals surface area contributed by atoms with E-state index >= 15 is 0 Å². The van der Waals surface area contributed by atoms with Crippen molar-refractivity contribution < 1.29 is 9.53 Å². The van der Waals surface area contributed by atoms with E-state index in [4.69, 9.17) is 21.6 Å². The highest BCUT2D eigenvalue weighted by Gasteiger charge is 2.15. The topological polar surface area (TPSA) is 50.1 Å². The fourth-order valence-electron chi connectivity index (χ4n) is 1.26. The quantitative estimate of drug-likeness (QED) is 0.725. The third kappa shape index (κ3) is 2.48. The van der Waals surface area contributed by atoms with Gasteiger partial charge in [0.1, 0.15) is 6.07 Å². The number of carbonyl (C=O) groups excluding carboxylic acids is 1. The largest absolute Gasteiger partial charge is 0.462 e. The molecule has 3 nitrogen and oxygen atoms in total. The average Bonchev–Trinajstić information content (AvgIpc) is 2.17. The zero-order chi connectivity index (χ0) is 11.4. The Morgan fingerprint density at radius 3 is 2.80 bits per heavy atom. The molecule has 0 aliphatic carbocycles. The number of hydrogen-bond acceptors (Lipinski definition) is 3. The van der Waals surface area contributed by atoms with Gasteiger partial charge in [0.05, 0.1) is 17.7 Å². The standard InChI is InChI=1S/C11H10ClNO2/c1-3-15-11(14)9-5-8(12)4-7(2)10(9)6-13/h4-5H,3H2,1-2H3. The van der Waals surface area contributed by atoms with Crippen LogP contribution in [0.5, 0.6) is 0 Å². The molecule has 1 aromatic carbocycles. The number of esters is 1. The van der Waals surface area contributed by atoms with E-state index < -0.39 is 5.97 Å². The normalized spacial score (nSPS) is 9.47. The maximum atomic E-state index is 11.5. The number of ether oxygens (including phenoxy) is 1. The molecular formula is C11H10ClNO2. The smallest absolute Gasteiger partial charge is 0.339 e. The number of hydrogen-bond donors (Lipinski definition) is 0. The van der Waals surface area contributed by atoms with Crippen LogP contribution in [0.25, 0.3) is 0 Å². The minimum Gasteiger partial charge on any atom is -0.462 e. The van der Waals surface area contributed by atoms with Gasteiger partial charge < -0.3 is 4.74 Å². The summed E-state index contributed by atoms with van der Waals surface area (Å²) in [7, 11) is 0. The number of nitriles is 1. The Morgan fingerprint density at radius 1 is 1.60 bits per heavy atom. The molecule has 4 heteroatoms. The fourth-order valence-corrected chi connectivity index (χ4v) is 1.53. The van der Waals surface area contributed by atoms with Gasteiger partial charge in [-0.15, -0.1) is 0 Å². The summed E-state index contributed by atoms with van der Waals surface area (Å²) in [4.78, 5) is 11.5. The Kier molecular flexibility index (Phi) is 3.70. The summed E-state index contributed by atoms with van der Waals surface area (Å²) in [5.74, 6) is -0.514. The Hall–Kier alpha value is -1.53. The molecule has 78 valence electrons. The van der Waals surface area contributed by atoms with E-state index in [2.05, 4.69) is 0 Å². The first-order valence-electron chi connectivity index (χ1n) is 4.47. The zero-order valence-electron chi connectivity index (χ0n) is 8.50. The summed E-state index contributed by atoms with van der Waals surface area (Å²) in [6.07, 6.45) is 0. The molecule has 0 spiro atoms. The van der Waals surface area contributed by atoms with E-state index in [1.54, 1.807) is 19.9 Å². The molecule has 1 rings (SSSR count). The maximum absolute atomic E-state index is 11.5. The molecule has 0 fully saturated rings. The van der Waals surface area contributed by atoms with Crippen LogP contribution >= 0.6 is 11.6 Å². The lowest BCUT2D eigenvalue weighted by Gasteiger charge is -2.06. The Balaban J connectivity index is 3.28. The Labute approximate surface area is 93.2 Å². The molecule has 0 radical (unpaired) electrons. The molecule has 0 aliphatic heterocycles. The van der Waals surface area contributed by atoms with Crippen molar-refractivity contribution in [2.24, 2.45) is 0 Å². The highest BCUT2D eigenvalue weighted by Crippen LogP contribution is 2.20. The van der Waals surface area contributed by atoms with Gasteiger partial charge in [-0.3, -0.25) is 0 Å². The van der Waals surface area contributed by atoms with E-state index in [1.807, 2.05) is 6.07 Å². The van der Waals surface area contributed by atoms with E-state index in [0.29, 0.717) is 16.1 Å². The number of nitrogens with zero attached hydrogens (tertiary/aromatic N) is 1. The van der Waals surface area contributed by atoms with Crippen molar-refractivity contribution >= 4 is 17.6 Å². The van der Waals surface area contributed by atoms with Gasteiger partial charge in [0.25, 0.3) is 0 Å². The highest BCUT2D eigenvalue weighted by atomic mass is 35.5. The summed E-state index contributed by atoms with van der Waals surface area (Å²) in [6.45, 7) is 3.71. The van der Waals surface area contributed by atoms with E-state index in [1.165, 1.54) is 6.07 Å². The third-order valence-corrected chi connectivity index (χ3v) is 2.13. The molecule has 0 atom stereocenters. The SMILES string of the molecule is CCOC(=O)c1cc(Cl)cc(C)c1C#N. The van der Waals surface area contributed by atoms with Crippen molar-refractivity contribution in [3.05, 3.63) is 33.8 Å². The van der Waals surface area contributed by atoms with E-state index in [0.717, 1.165) is 0 Å². The van der Waals surface area contributed by atoms with Crippen molar-refractivity contribution in [1.29, 1.82) is 5.26 Å². The number of aryl methyl sites for hydroxylation is 1. The van der Waals surface area contributed by atoms with Crippen LogP contribution in [-0.2, 0) is 4.74 Å². The highest BCUT2D eigenvalue weighted by molar-refractivity contribution is 6.31.